The van der Waals surface area contributed by atoms with Gasteiger partial charge in [0.1, 0.15) is 10.7 Å². The molecule has 2 unspecified atom stereocenters. The average Bonchev–Trinajstić information content (AvgIpc) is 3.40. The van der Waals surface area contributed by atoms with E-state index in [0.717, 1.165) is 62.5 Å². The predicted octanol–water partition coefficient (Wildman–Crippen LogP) is 6.23. The molecule has 1 N–H and O–H groups in total. The van der Waals surface area contributed by atoms with Gasteiger partial charge in [-0.3, -0.25) is 4.79 Å². The molecular weight excluding hydrogens is 408 g/mol. The Labute approximate surface area is 189 Å². The Morgan fingerprint density at radius 3 is 2.65 bits per heavy atom. The number of aliphatic hydroxyl groups excluding tert-OH is 1. The average molecular weight is 443 g/mol. The van der Waals surface area contributed by atoms with Crippen LogP contribution >= 0.6 is 11.3 Å². The number of Topliss-reactive ketones (excluding diaryl/α,β-unsaturated/α-hetero) is 1. The maximum atomic E-state index is 12.6. The molecule has 168 valence electrons. The van der Waals surface area contributed by atoms with Gasteiger partial charge in [-0.1, -0.05) is 50.5 Å². The molecule has 1 aliphatic carbocycles. The van der Waals surface area contributed by atoms with Gasteiger partial charge in [-0.15, -0.1) is 11.3 Å². The molecule has 1 saturated carbocycles. The SMILES string of the molecule is CCCCC[C@H](O)c1ccc(C2C(=O)CCC2CCCc2ccc(C(=O)OC)s2)cc1. The van der Waals surface area contributed by atoms with E-state index in [1.807, 2.05) is 36.4 Å². The zero-order valence-corrected chi connectivity index (χ0v) is 19.5. The third-order valence-electron chi connectivity index (χ3n) is 6.39. The lowest BCUT2D eigenvalue weighted by molar-refractivity contribution is -0.119. The van der Waals surface area contributed by atoms with Gasteiger partial charge in [0.25, 0.3) is 0 Å². The number of rotatable bonds is 11. The number of esters is 1. The summed E-state index contributed by atoms with van der Waals surface area (Å²) in [5, 5.41) is 10.4. The highest BCUT2D eigenvalue weighted by molar-refractivity contribution is 7.13. The van der Waals surface area contributed by atoms with Crippen LogP contribution in [0.25, 0.3) is 0 Å². The Morgan fingerprint density at radius 1 is 1.16 bits per heavy atom. The van der Waals surface area contributed by atoms with Gasteiger partial charge in [-0.05, 0) is 61.3 Å². The van der Waals surface area contributed by atoms with Crippen molar-refractivity contribution in [2.75, 3.05) is 7.11 Å². The number of ketones is 1. The molecule has 0 radical (unpaired) electrons. The zero-order valence-electron chi connectivity index (χ0n) is 18.6. The molecule has 1 heterocycles. The molecule has 2 aromatic rings. The maximum absolute atomic E-state index is 12.6. The number of carbonyl (C=O) groups excluding carboxylic acids is 2. The van der Waals surface area contributed by atoms with Crippen molar-refractivity contribution in [1.82, 2.24) is 0 Å². The molecule has 31 heavy (non-hydrogen) atoms. The fraction of sp³-hybridized carbons (Fsp3) is 0.538. The Kier molecular flexibility index (Phi) is 8.85. The van der Waals surface area contributed by atoms with Crippen LogP contribution in [0, 0.1) is 5.92 Å². The fourth-order valence-corrected chi connectivity index (χ4v) is 5.59. The molecular formula is C26H34O4S. The molecule has 4 nitrogen and oxygen atoms in total. The molecule has 3 atom stereocenters. The Balaban J connectivity index is 1.55. The topological polar surface area (TPSA) is 63.6 Å². The molecule has 0 saturated heterocycles. The molecule has 1 aliphatic rings. The van der Waals surface area contributed by atoms with Gasteiger partial charge in [-0.2, -0.15) is 0 Å². The normalized spacial score (nSPS) is 19.5. The summed E-state index contributed by atoms with van der Waals surface area (Å²) in [6.45, 7) is 2.16. The lowest BCUT2D eigenvalue weighted by Crippen LogP contribution is -2.13. The van der Waals surface area contributed by atoms with Crippen LogP contribution < -0.4 is 0 Å². The second kappa shape index (κ2) is 11.6. The third-order valence-corrected chi connectivity index (χ3v) is 7.51. The number of benzene rings is 1. The molecule has 0 amide bonds. The minimum absolute atomic E-state index is 0.0275. The van der Waals surface area contributed by atoms with E-state index >= 15 is 0 Å². The molecule has 0 aliphatic heterocycles. The van der Waals surface area contributed by atoms with Crippen molar-refractivity contribution in [3.8, 4) is 0 Å². The van der Waals surface area contributed by atoms with Crippen molar-refractivity contribution in [2.45, 2.75) is 76.7 Å². The highest BCUT2D eigenvalue weighted by Gasteiger charge is 2.35. The Hall–Kier alpha value is -1.98. The number of ether oxygens (including phenoxy) is 1. The Bertz CT molecular complexity index is 855. The smallest absolute Gasteiger partial charge is 0.348 e. The number of carbonyl (C=O) groups is 2. The highest BCUT2D eigenvalue weighted by atomic mass is 32.1. The van der Waals surface area contributed by atoms with Crippen LogP contribution in [-0.4, -0.2) is 24.0 Å². The number of aliphatic hydroxyl groups is 1. The van der Waals surface area contributed by atoms with Crippen LogP contribution in [0.2, 0.25) is 0 Å². The molecule has 3 rings (SSSR count). The summed E-state index contributed by atoms with van der Waals surface area (Å²) in [5.74, 6) is 0.398. The van der Waals surface area contributed by atoms with Crippen molar-refractivity contribution in [3.05, 3.63) is 57.3 Å². The number of thiophene rings is 1. The van der Waals surface area contributed by atoms with Crippen LogP contribution in [0.15, 0.2) is 36.4 Å². The summed E-state index contributed by atoms with van der Waals surface area (Å²) in [6, 6.07) is 11.9. The van der Waals surface area contributed by atoms with E-state index in [9.17, 15) is 14.7 Å². The van der Waals surface area contributed by atoms with Crippen molar-refractivity contribution in [2.24, 2.45) is 5.92 Å². The molecule has 1 aromatic carbocycles. The monoisotopic (exact) mass is 442 g/mol. The van der Waals surface area contributed by atoms with Crippen molar-refractivity contribution < 1.29 is 19.4 Å². The van der Waals surface area contributed by atoms with E-state index in [1.54, 1.807) is 0 Å². The first-order valence-corrected chi connectivity index (χ1v) is 12.3. The van der Waals surface area contributed by atoms with E-state index in [-0.39, 0.29) is 11.9 Å². The molecule has 1 aromatic heterocycles. The number of aryl methyl sites for hydroxylation is 1. The fourth-order valence-electron chi connectivity index (χ4n) is 4.62. The summed E-state index contributed by atoms with van der Waals surface area (Å²) in [7, 11) is 1.40. The summed E-state index contributed by atoms with van der Waals surface area (Å²) >= 11 is 1.49. The summed E-state index contributed by atoms with van der Waals surface area (Å²) in [5.41, 5.74) is 2.03. The van der Waals surface area contributed by atoms with E-state index in [2.05, 4.69) is 6.92 Å². The van der Waals surface area contributed by atoms with Gasteiger partial charge in [0, 0.05) is 17.2 Å². The Morgan fingerprint density at radius 2 is 1.94 bits per heavy atom. The second-order valence-corrected chi connectivity index (χ2v) is 9.74. The second-order valence-electron chi connectivity index (χ2n) is 8.57. The van der Waals surface area contributed by atoms with E-state index < -0.39 is 6.10 Å². The third kappa shape index (κ3) is 6.27. The first-order valence-electron chi connectivity index (χ1n) is 11.5. The van der Waals surface area contributed by atoms with Gasteiger partial charge in [0.2, 0.25) is 0 Å². The number of hydrogen-bond donors (Lipinski definition) is 1. The van der Waals surface area contributed by atoms with E-state index in [0.29, 0.717) is 23.0 Å². The first kappa shape index (κ1) is 23.7. The van der Waals surface area contributed by atoms with Crippen LogP contribution in [0.4, 0.5) is 0 Å². The van der Waals surface area contributed by atoms with E-state index in [4.69, 9.17) is 4.74 Å². The molecule has 5 heteroatoms. The van der Waals surface area contributed by atoms with Gasteiger partial charge in [-0.25, -0.2) is 4.79 Å². The van der Waals surface area contributed by atoms with Crippen LogP contribution in [0.5, 0.6) is 0 Å². The summed E-state index contributed by atoms with van der Waals surface area (Å²) in [4.78, 5) is 26.1. The number of unbranched alkanes of at least 4 members (excludes halogenated alkanes) is 2. The predicted molar refractivity (Wildman–Crippen MR) is 125 cm³/mol. The van der Waals surface area contributed by atoms with Gasteiger partial charge >= 0.3 is 5.97 Å². The quantitative estimate of drug-likeness (QED) is 0.331. The van der Waals surface area contributed by atoms with Crippen LogP contribution in [0.1, 0.15) is 96.0 Å². The van der Waals surface area contributed by atoms with E-state index in [1.165, 1.54) is 23.3 Å². The van der Waals surface area contributed by atoms with Gasteiger partial charge in [0.15, 0.2) is 0 Å². The van der Waals surface area contributed by atoms with Gasteiger partial charge < -0.3 is 9.84 Å². The highest BCUT2D eigenvalue weighted by Crippen LogP contribution is 2.40. The zero-order chi connectivity index (χ0) is 22.2. The summed E-state index contributed by atoms with van der Waals surface area (Å²) in [6.07, 6.45) is 8.22. The number of hydrogen-bond acceptors (Lipinski definition) is 5. The molecule has 1 fully saturated rings. The number of methoxy groups -OCH3 is 1. The van der Waals surface area contributed by atoms with Crippen molar-refractivity contribution in [1.29, 1.82) is 0 Å². The van der Waals surface area contributed by atoms with Crippen molar-refractivity contribution in [3.63, 3.8) is 0 Å². The standard InChI is InChI=1S/C26H34O4S/c1-3-4-5-9-22(27)18-10-12-20(13-11-18)25-19(14-16-23(25)28)7-6-8-21-15-17-24(31-21)26(29)30-2/h10-13,15,17,19,22,25,27H,3-9,14,16H2,1-2H3/t19?,22-,25?/m0/s1. The maximum Gasteiger partial charge on any atom is 0.348 e. The largest absolute Gasteiger partial charge is 0.465 e. The summed E-state index contributed by atoms with van der Waals surface area (Å²) < 4.78 is 4.78. The van der Waals surface area contributed by atoms with Crippen LogP contribution in [0.3, 0.4) is 0 Å². The van der Waals surface area contributed by atoms with Crippen LogP contribution in [-0.2, 0) is 16.0 Å². The first-order chi connectivity index (χ1) is 15.0. The minimum atomic E-state index is -0.420. The molecule has 0 bridgehead atoms. The van der Waals surface area contributed by atoms with Crippen molar-refractivity contribution >= 4 is 23.1 Å². The lowest BCUT2D eigenvalue weighted by Gasteiger charge is -2.20. The lowest BCUT2D eigenvalue weighted by atomic mass is 9.84. The minimum Gasteiger partial charge on any atom is -0.465 e. The van der Waals surface area contributed by atoms with Gasteiger partial charge in [0.05, 0.1) is 13.2 Å². The molecule has 0 spiro atoms.